The van der Waals surface area contributed by atoms with Crippen molar-refractivity contribution in [3.8, 4) is 5.75 Å². The van der Waals surface area contributed by atoms with Crippen molar-refractivity contribution >= 4 is 34.6 Å². The first-order valence-electron chi connectivity index (χ1n) is 13.8. The summed E-state index contributed by atoms with van der Waals surface area (Å²) in [6, 6.07) is 24.2. The van der Waals surface area contributed by atoms with Crippen LogP contribution in [0.5, 0.6) is 5.75 Å². The number of aryl methyl sites for hydroxylation is 1. The van der Waals surface area contributed by atoms with Gasteiger partial charge in [0, 0.05) is 41.3 Å². The van der Waals surface area contributed by atoms with Crippen LogP contribution in [0.25, 0.3) is 0 Å². The molecule has 0 aliphatic carbocycles. The Bertz CT molecular complexity index is 1560. The molecule has 3 heterocycles. The molecule has 5 rings (SSSR count). The number of nitrogens with one attached hydrogen (secondary N) is 2. The molecule has 8 heteroatoms. The van der Waals surface area contributed by atoms with Crippen LogP contribution in [-0.2, 0) is 11.3 Å². The Morgan fingerprint density at radius 1 is 1.05 bits per heavy atom. The number of carbonyl (C=O) groups is 1. The van der Waals surface area contributed by atoms with Crippen molar-refractivity contribution < 1.29 is 9.53 Å². The van der Waals surface area contributed by atoms with E-state index in [0.29, 0.717) is 16.5 Å². The Hall–Kier alpha value is -4.17. The number of hydrogen-bond donors (Lipinski definition) is 2. The number of methoxy groups -OCH3 is 1. The molecule has 4 aromatic rings. The Kier molecular flexibility index (Phi) is 7.87. The van der Waals surface area contributed by atoms with E-state index < -0.39 is 5.41 Å². The Morgan fingerprint density at radius 3 is 2.44 bits per heavy atom. The molecule has 7 nitrogen and oxygen atoms in total. The van der Waals surface area contributed by atoms with Crippen LogP contribution in [-0.4, -0.2) is 27.7 Å². The fraction of sp³-hybridized carbons (Fsp3) is 0.303. The van der Waals surface area contributed by atoms with Gasteiger partial charge in [-0.25, -0.2) is 0 Å². The van der Waals surface area contributed by atoms with Crippen molar-refractivity contribution in [1.29, 1.82) is 0 Å². The standard InChI is InChI=1S/C33H37N5O2S/c1-21-18-25(22(2)37(21)20-23-12-8-7-9-13-23)30-29(27-14-10-11-17-34-27)36-32(41)38(30)24-15-16-26(28(19-24)40-6)35-31(39)33(3,4)5/h7-19,29-30H,20H2,1-6H3,(H,35,39)(H,36,41). The number of thiocarbonyl (C=S) groups is 1. The summed E-state index contributed by atoms with van der Waals surface area (Å²) >= 11 is 5.97. The smallest absolute Gasteiger partial charge is 0.229 e. The van der Waals surface area contributed by atoms with E-state index >= 15 is 0 Å². The lowest BCUT2D eigenvalue weighted by atomic mass is 9.95. The first-order valence-corrected chi connectivity index (χ1v) is 14.2. The molecule has 1 amide bonds. The van der Waals surface area contributed by atoms with Crippen LogP contribution in [0.15, 0.2) is 79.0 Å². The second-order valence-electron chi connectivity index (χ2n) is 11.5. The molecule has 1 saturated heterocycles. The summed E-state index contributed by atoms with van der Waals surface area (Å²) in [6.07, 6.45) is 1.81. The second-order valence-corrected chi connectivity index (χ2v) is 11.9. The van der Waals surface area contributed by atoms with Gasteiger partial charge in [0.2, 0.25) is 5.91 Å². The second kappa shape index (κ2) is 11.4. The van der Waals surface area contributed by atoms with Crippen molar-refractivity contribution in [2.45, 2.75) is 53.2 Å². The molecule has 0 radical (unpaired) electrons. The van der Waals surface area contributed by atoms with Crippen LogP contribution in [0.3, 0.4) is 0 Å². The van der Waals surface area contributed by atoms with Gasteiger partial charge in [0.05, 0.1) is 30.6 Å². The normalized spacial score (nSPS) is 16.9. The number of hydrogen-bond acceptors (Lipinski definition) is 4. The van der Waals surface area contributed by atoms with Crippen molar-refractivity contribution in [3.63, 3.8) is 0 Å². The van der Waals surface area contributed by atoms with Gasteiger partial charge in [0.1, 0.15) is 5.75 Å². The summed E-state index contributed by atoms with van der Waals surface area (Å²) in [4.78, 5) is 19.6. The maximum atomic E-state index is 12.7. The predicted octanol–water partition coefficient (Wildman–Crippen LogP) is 6.72. The van der Waals surface area contributed by atoms with E-state index in [2.05, 4.69) is 64.3 Å². The fourth-order valence-corrected chi connectivity index (χ4v) is 5.67. The lowest BCUT2D eigenvalue weighted by Gasteiger charge is -2.29. The molecule has 0 saturated carbocycles. The molecule has 1 aliphatic rings. The van der Waals surface area contributed by atoms with Crippen LogP contribution in [0.2, 0.25) is 0 Å². The highest BCUT2D eigenvalue weighted by atomic mass is 32.1. The lowest BCUT2D eigenvalue weighted by Crippen LogP contribution is -2.30. The Labute approximate surface area is 247 Å². The molecule has 2 aromatic heterocycles. The van der Waals surface area contributed by atoms with E-state index in [0.717, 1.165) is 17.9 Å². The number of rotatable bonds is 7. The molecule has 2 unspecified atom stereocenters. The zero-order valence-corrected chi connectivity index (χ0v) is 25.3. The Balaban J connectivity index is 1.59. The zero-order valence-electron chi connectivity index (χ0n) is 24.4. The number of anilines is 2. The SMILES string of the molecule is COc1cc(N2C(=S)NC(c3ccccn3)C2c2cc(C)n(Cc3ccccc3)c2C)ccc1NC(=O)C(C)(C)C. The van der Waals surface area contributed by atoms with E-state index in [1.165, 1.54) is 22.5 Å². The molecule has 0 spiro atoms. The van der Waals surface area contributed by atoms with Crippen molar-refractivity contribution in [1.82, 2.24) is 14.9 Å². The molecule has 2 aromatic carbocycles. The minimum atomic E-state index is -0.534. The lowest BCUT2D eigenvalue weighted by molar-refractivity contribution is -0.123. The molecule has 41 heavy (non-hydrogen) atoms. The molecule has 1 aliphatic heterocycles. The molecule has 0 bridgehead atoms. The molecule has 1 fully saturated rings. The maximum Gasteiger partial charge on any atom is 0.229 e. The number of nitrogens with zero attached hydrogens (tertiary/aromatic N) is 3. The summed E-state index contributed by atoms with van der Waals surface area (Å²) in [5.41, 5.74) is 6.63. The van der Waals surface area contributed by atoms with Crippen molar-refractivity contribution in [2.75, 3.05) is 17.3 Å². The van der Waals surface area contributed by atoms with Crippen LogP contribution in [0.1, 0.15) is 61.1 Å². The number of ether oxygens (including phenoxy) is 1. The highest BCUT2D eigenvalue weighted by Gasteiger charge is 2.42. The van der Waals surface area contributed by atoms with Crippen LogP contribution in [0, 0.1) is 19.3 Å². The predicted molar refractivity (Wildman–Crippen MR) is 168 cm³/mol. The third kappa shape index (κ3) is 5.70. The molecule has 2 N–H and O–H groups in total. The maximum absolute atomic E-state index is 12.7. The minimum Gasteiger partial charge on any atom is -0.494 e. The van der Waals surface area contributed by atoms with Gasteiger partial charge in [-0.3, -0.25) is 9.78 Å². The highest BCUT2D eigenvalue weighted by Crippen LogP contribution is 2.45. The summed E-state index contributed by atoms with van der Waals surface area (Å²) in [5, 5.41) is 7.16. The van der Waals surface area contributed by atoms with Gasteiger partial charge in [-0.15, -0.1) is 0 Å². The quantitative estimate of drug-likeness (QED) is 0.242. The fourth-order valence-electron chi connectivity index (χ4n) is 5.33. The van der Waals surface area contributed by atoms with E-state index in [4.69, 9.17) is 21.9 Å². The molecular weight excluding hydrogens is 530 g/mol. The van der Waals surface area contributed by atoms with Gasteiger partial charge >= 0.3 is 0 Å². The van der Waals surface area contributed by atoms with Crippen molar-refractivity contribution in [3.05, 3.63) is 107 Å². The third-order valence-corrected chi connectivity index (χ3v) is 7.92. The first-order chi connectivity index (χ1) is 19.6. The van der Waals surface area contributed by atoms with Gasteiger partial charge < -0.3 is 24.8 Å². The van der Waals surface area contributed by atoms with E-state index in [-0.39, 0.29) is 18.0 Å². The molecule has 2 atom stereocenters. The number of amides is 1. The van der Waals surface area contributed by atoms with E-state index in [1.807, 2.05) is 69.4 Å². The van der Waals surface area contributed by atoms with E-state index in [1.54, 1.807) is 7.11 Å². The average molecular weight is 568 g/mol. The number of pyridine rings is 1. The van der Waals surface area contributed by atoms with Crippen LogP contribution in [0.4, 0.5) is 11.4 Å². The highest BCUT2D eigenvalue weighted by molar-refractivity contribution is 7.80. The average Bonchev–Trinajstić information content (AvgIpc) is 3.44. The van der Waals surface area contributed by atoms with Gasteiger partial charge in [-0.1, -0.05) is 57.2 Å². The minimum absolute atomic E-state index is 0.0825. The number of benzene rings is 2. The summed E-state index contributed by atoms with van der Waals surface area (Å²) < 4.78 is 8.09. The monoisotopic (exact) mass is 567 g/mol. The topological polar surface area (TPSA) is 71.4 Å². The first kappa shape index (κ1) is 28.4. The van der Waals surface area contributed by atoms with Crippen molar-refractivity contribution in [2.24, 2.45) is 5.41 Å². The number of aromatic nitrogens is 2. The molecule has 212 valence electrons. The number of carbonyl (C=O) groups excluding carboxylic acids is 1. The van der Waals surface area contributed by atoms with Gasteiger partial charge in [-0.05, 0) is 67.5 Å². The Morgan fingerprint density at radius 2 is 1.78 bits per heavy atom. The van der Waals surface area contributed by atoms with Crippen LogP contribution >= 0.6 is 12.2 Å². The van der Waals surface area contributed by atoms with Gasteiger partial charge in [0.15, 0.2) is 5.11 Å². The summed E-state index contributed by atoms with van der Waals surface area (Å²) in [5.74, 6) is 0.485. The van der Waals surface area contributed by atoms with Crippen LogP contribution < -0.4 is 20.3 Å². The van der Waals surface area contributed by atoms with E-state index in [9.17, 15) is 4.79 Å². The summed E-state index contributed by atoms with van der Waals surface area (Å²) in [6.45, 7) is 10.8. The summed E-state index contributed by atoms with van der Waals surface area (Å²) in [7, 11) is 1.61. The molecular formula is C33H37N5O2S. The third-order valence-electron chi connectivity index (χ3n) is 7.61. The van der Waals surface area contributed by atoms with Gasteiger partial charge in [0.25, 0.3) is 0 Å². The van der Waals surface area contributed by atoms with Gasteiger partial charge in [-0.2, -0.15) is 0 Å². The zero-order chi connectivity index (χ0) is 29.3. The largest absolute Gasteiger partial charge is 0.494 e.